The average molecular weight is 350 g/mol. The maximum atomic E-state index is 12.7. The number of aryl methyl sites for hydroxylation is 1. The minimum Gasteiger partial charge on any atom is -0.277 e. The van der Waals surface area contributed by atoms with Crippen LogP contribution >= 0.6 is 11.6 Å². The number of benzene rings is 2. The Morgan fingerprint density at radius 3 is 2.70 bits per heavy atom. The molecule has 2 aromatic carbocycles. The molecule has 0 amide bonds. The normalized spacial score (nSPS) is 11.4. The number of para-hydroxylation sites is 2. The van der Waals surface area contributed by atoms with Crippen LogP contribution in [0.3, 0.4) is 0 Å². The highest BCUT2D eigenvalue weighted by Gasteiger charge is 2.19. The van der Waals surface area contributed by atoms with Gasteiger partial charge in [-0.3, -0.25) is 4.72 Å². The fourth-order valence-corrected chi connectivity index (χ4v) is 3.68. The first-order chi connectivity index (χ1) is 11.0. The molecule has 23 heavy (non-hydrogen) atoms. The van der Waals surface area contributed by atoms with Gasteiger partial charge in [-0.15, -0.1) is 5.10 Å². The van der Waals surface area contributed by atoms with E-state index in [0.717, 1.165) is 0 Å². The summed E-state index contributed by atoms with van der Waals surface area (Å²) in [6.45, 7) is 1.71. The van der Waals surface area contributed by atoms with Crippen molar-refractivity contribution >= 4 is 27.3 Å². The van der Waals surface area contributed by atoms with E-state index in [1.807, 2.05) is 0 Å². The smallest absolute Gasteiger partial charge is 0.262 e. The SMILES string of the molecule is Cc1ccc(Cl)cc1S(=O)(=O)Nc1ccccc1-n1cnnn1. The van der Waals surface area contributed by atoms with Gasteiger partial charge in [0.15, 0.2) is 0 Å². The molecule has 1 N–H and O–H groups in total. The topological polar surface area (TPSA) is 89.8 Å². The van der Waals surface area contributed by atoms with Crippen molar-refractivity contribution in [2.45, 2.75) is 11.8 Å². The van der Waals surface area contributed by atoms with Crippen LogP contribution in [0, 0.1) is 6.92 Å². The summed E-state index contributed by atoms with van der Waals surface area (Å²) in [5.74, 6) is 0. The van der Waals surface area contributed by atoms with Gasteiger partial charge in [0.05, 0.1) is 16.3 Å². The van der Waals surface area contributed by atoms with Crippen LogP contribution in [0.25, 0.3) is 5.69 Å². The van der Waals surface area contributed by atoms with E-state index in [9.17, 15) is 8.42 Å². The van der Waals surface area contributed by atoms with E-state index < -0.39 is 10.0 Å². The number of rotatable bonds is 4. The third kappa shape index (κ3) is 3.17. The zero-order valence-electron chi connectivity index (χ0n) is 12.0. The molecule has 9 heteroatoms. The minimum absolute atomic E-state index is 0.122. The summed E-state index contributed by atoms with van der Waals surface area (Å²) in [7, 11) is -3.80. The Bertz CT molecular complexity index is 942. The lowest BCUT2D eigenvalue weighted by Crippen LogP contribution is -2.16. The van der Waals surface area contributed by atoms with Crippen molar-refractivity contribution in [2.75, 3.05) is 4.72 Å². The molecule has 118 valence electrons. The second kappa shape index (κ2) is 5.98. The Labute approximate surface area is 138 Å². The van der Waals surface area contributed by atoms with Crippen LogP contribution < -0.4 is 4.72 Å². The minimum atomic E-state index is -3.80. The maximum absolute atomic E-state index is 12.7. The lowest BCUT2D eigenvalue weighted by molar-refractivity contribution is 0.600. The molecule has 0 spiro atoms. The van der Waals surface area contributed by atoms with Crippen molar-refractivity contribution in [3.8, 4) is 5.69 Å². The lowest BCUT2D eigenvalue weighted by Gasteiger charge is -2.13. The van der Waals surface area contributed by atoms with Crippen molar-refractivity contribution in [3.05, 3.63) is 59.4 Å². The molecule has 1 aromatic heterocycles. The van der Waals surface area contributed by atoms with Gasteiger partial charge in [0.25, 0.3) is 10.0 Å². The quantitative estimate of drug-likeness (QED) is 0.781. The highest BCUT2D eigenvalue weighted by molar-refractivity contribution is 7.92. The summed E-state index contributed by atoms with van der Waals surface area (Å²) in [5, 5.41) is 11.2. The number of tetrazole rings is 1. The predicted octanol–water partition coefficient (Wildman–Crippen LogP) is 2.42. The number of hydrogen-bond donors (Lipinski definition) is 1. The summed E-state index contributed by atoms with van der Waals surface area (Å²) in [4.78, 5) is 0.122. The van der Waals surface area contributed by atoms with Gasteiger partial charge in [-0.25, -0.2) is 8.42 Å². The molecule has 3 rings (SSSR count). The van der Waals surface area contributed by atoms with Crippen LogP contribution in [0.1, 0.15) is 5.56 Å². The molecule has 0 aliphatic rings. The van der Waals surface area contributed by atoms with E-state index in [4.69, 9.17) is 11.6 Å². The van der Waals surface area contributed by atoms with E-state index in [0.29, 0.717) is 22.0 Å². The molecule has 3 aromatic rings. The second-order valence-electron chi connectivity index (χ2n) is 4.79. The van der Waals surface area contributed by atoms with Crippen molar-refractivity contribution in [3.63, 3.8) is 0 Å². The first-order valence-corrected chi connectivity index (χ1v) is 8.45. The number of halogens is 1. The third-order valence-electron chi connectivity index (χ3n) is 3.18. The largest absolute Gasteiger partial charge is 0.277 e. The van der Waals surface area contributed by atoms with Crippen LogP contribution in [-0.4, -0.2) is 28.6 Å². The summed E-state index contributed by atoms with van der Waals surface area (Å²) in [6, 6.07) is 11.5. The average Bonchev–Trinajstić information content (AvgIpc) is 3.04. The van der Waals surface area contributed by atoms with E-state index in [1.165, 1.54) is 17.1 Å². The number of nitrogens with zero attached hydrogens (tertiary/aromatic N) is 4. The fourth-order valence-electron chi connectivity index (χ4n) is 2.09. The molecule has 7 nitrogen and oxygen atoms in total. The maximum Gasteiger partial charge on any atom is 0.262 e. The lowest BCUT2D eigenvalue weighted by atomic mass is 10.2. The number of aromatic nitrogens is 4. The van der Waals surface area contributed by atoms with Gasteiger partial charge in [-0.1, -0.05) is 29.8 Å². The van der Waals surface area contributed by atoms with Crippen LogP contribution in [0.15, 0.2) is 53.7 Å². The Morgan fingerprint density at radius 2 is 1.96 bits per heavy atom. The van der Waals surface area contributed by atoms with Gasteiger partial charge in [0.2, 0.25) is 0 Å². The first kappa shape index (κ1) is 15.4. The monoisotopic (exact) mass is 349 g/mol. The molecule has 0 saturated heterocycles. The molecule has 0 radical (unpaired) electrons. The highest BCUT2D eigenvalue weighted by Crippen LogP contribution is 2.25. The highest BCUT2D eigenvalue weighted by atomic mass is 35.5. The molecule has 0 bridgehead atoms. The predicted molar refractivity (Wildman–Crippen MR) is 86.2 cm³/mol. The van der Waals surface area contributed by atoms with Gasteiger partial charge >= 0.3 is 0 Å². The van der Waals surface area contributed by atoms with Crippen LogP contribution in [0.2, 0.25) is 5.02 Å². The van der Waals surface area contributed by atoms with Gasteiger partial charge in [-0.05, 0) is 47.2 Å². The third-order valence-corrected chi connectivity index (χ3v) is 4.93. The van der Waals surface area contributed by atoms with Gasteiger partial charge < -0.3 is 0 Å². The summed E-state index contributed by atoms with van der Waals surface area (Å²) < 4.78 is 29.3. The molecule has 0 fully saturated rings. The van der Waals surface area contributed by atoms with Crippen molar-refractivity contribution in [1.29, 1.82) is 0 Å². The molecule has 0 atom stereocenters. The van der Waals surface area contributed by atoms with Crippen molar-refractivity contribution in [2.24, 2.45) is 0 Å². The Balaban J connectivity index is 2.04. The van der Waals surface area contributed by atoms with Gasteiger partial charge in [-0.2, -0.15) is 4.68 Å². The zero-order valence-corrected chi connectivity index (χ0v) is 13.6. The Morgan fingerprint density at radius 1 is 1.17 bits per heavy atom. The van der Waals surface area contributed by atoms with E-state index >= 15 is 0 Å². The summed E-state index contributed by atoms with van der Waals surface area (Å²) in [6.07, 6.45) is 1.39. The van der Waals surface area contributed by atoms with E-state index in [1.54, 1.807) is 43.3 Å². The van der Waals surface area contributed by atoms with Crippen LogP contribution in [0.4, 0.5) is 5.69 Å². The molecule has 0 saturated carbocycles. The number of nitrogens with one attached hydrogen (secondary N) is 1. The van der Waals surface area contributed by atoms with Gasteiger partial charge in [0, 0.05) is 5.02 Å². The van der Waals surface area contributed by atoms with Crippen LogP contribution in [0.5, 0.6) is 0 Å². The number of sulfonamides is 1. The molecule has 0 aliphatic carbocycles. The van der Waals surface area contributed by atoms with E-state index in [-0.39, 0.29) is 4.90 Å². The fraction of sp³-hybridized carbons (Fsp3) is 0.0714. The second-order valence-corrected chi connectivity index (χ2v) is 6.87. The van der Waals surface area contributed by atoms with Gasteiger partial charge in [0.1, 0.15) is 6.33 Å². The number of anilines is 1. The summed E-state index contributed by atoms with van der Waals surface area (Å²) in [5.41, 5.74) is 1.47. The first-order valence-electron chi connectivity index (χ1n) is 6.59. The zero-order chi connectivity index (χ0) is 16.4. The van der Waals surface area contributed by atoms with Crippen molar-refractivity contribution < 1.29 is 8.42 Å². The van der Waals surface area contributed by atoms with E-state index in [2.05, 4.69) is 20.2 Å². The molecule has 0 aliphatic heterocycles. The molecule has 1 heterocycles. The molecular weight excluding hydrogens is 338 g/mol. The van der Waals surface area contributed by atoms with Crippen molar-refractivity contribution in [1.82, 2.24) is 20.2 Å². The Hall–Kier alpha value is -2.45. The molecule has 0 unspecified atom stereocenters. The summed E-state index contributed by atoms with van der Waals surface area (Å²) >= 11 is 5.92. The standard InChI is InChI=1S/C14H12ClN5O2S/c1-10-6-7-11(15)8-14(10)23(21,22)17-12-4-2-3-5-13(12)20-9-16-18-19-20/h2-9,17H,1H3. The van der Waals surface area contributed by atoms with Crippen LogP contribution in [-0.2, 0) is 10.0 Å². The Kier molecular flexibility index (Phi) is 4.01. The number of hydrogen-bond acceptors (Lipinski definition) is 5. The molecular formula is C14H12ClN5O2S.